The van der Waals surface area contributed by atoms with Crippen molar-refractivity contribution < 1.29 is 32.6 Å². The fraction of sp³-hybridized carbons (Fsp3) is 0.538. The van der Waals surface area contributed by atoms with E-state index in [1.54, 1.807) is 26.0 Å². The SMILES string of the molecule is CCCN([C@@H]1CC(CC(=O)O)CCN1C(=O)OC(C)C)S(=O)(=O)c1ccc(-c2ccc(OCC)cc2)s1. The molecular formula is C26H36N2O7S2. The lowest BCUT2D eigenvalue weighted by molar-refractivity contribution is -0.138. The Labute approximate surface area is 223 Å². The van der Waals surface area contributed by atoms with Crippen LogP contribution in [-0.4, -0.2) is 66.8 Å². The van der Waals surface area contributed by atoms with Crippen LogP contribution in [0.1, 0.15) is 53.4 Å². The molecule has 1 amide bonds. The summed E-state index contributed by atoms with van der Waals surface area (Å²) >= 11 is 1.16. The Balaban J connectivity index is 1.94. The van der Waals surface area contributed by atoms with Crippen molar-refractivity contribution in [1.29, 1.82) is 0 Å². The maximum atomic E-state index is 13.9. The first kappa shape index (κ1) is 28.9. The Morgan fingerprint density at radius 1 is 1.16 bits per heavy atom. The van der Waals surface area contributed by atoms with Gasteiger partial charge in [0.1, 0.15) is 16.1 Å². The van der Waals surface area contributed by atoms with Crippen LogP contribution in [0.15, 0.2) is 40.6 Å². The van der Waals surface area contributed by atoms with E-state index in [0.29, 0.717) is 19.4 Å². The summed E-state index contributed by atoms with van der Waals surface area (Å²) in [5.41, 5.74) is 0.873. The number of carboxylic acid groups (broad SMARTS) is 1. The van der Waals surface area contributed by atoms with Crippen LogP contribution >= 0.6 is 11.3 Å². The molecule has 0 bridgehead atoms. The van der Waals surface area contributed by atoms with E-state index in [9.17, 15) is 23.1 Å². The van der Waals surface area contributed by atoms with E-state index in [1.165, 1.54) is 9.21 Å². The molecule has 2 atom stereocenters. The van der Waals surface area contributed by atoms with E-state index in [4.69, 9.17) is 9.47 Å². The molecule has 1 aliphatic rings. The van der Waals surface area contributed by atoms with Gasteiger partial charge in [-0.25, -0.2) is 13.2 Å². The first-order valence-corrected chi connectivity index (χ1v) is 14.9. The zero-order valence-corrected chi connectivity index (χ0v) is 23.4. The molecule has 1 unspecified atom stereocenters. The van der Waals surface area contributed by atoms with E-state index < -0.39 is 28.3 Å². The van der Waals surface area contributed by atoms with Crippen molar-refractivity contribution >= 4 is 33.4 Å². The van der Waals surface area contributed by atoms with Crippen LogP contribution in [0.2, 0.25) is 0 Å². The second-order valence-corrected chi connectivity index (χ2v) is 12.5. The predicted molar refractivity (Wildman–Crippen MR) is 142 cm³/mol. The number of aliphatic carboxylic acids is 1. The van der Waals surface area contributed by atoms with Crippen LogP contribution in [0.4, 0.5) is 4.79 Å². The monoisotopic (exact) mass is 552 g/mol. The van der Waals surface area contributed by atoms with Gasteiger partial charge in [0.2, 0.25) is 0 Å². The Morgan fingerprint density at radius 3 is 2.46 bits per heavy atom. The van der Waals surface area contributed by atoms with Crippen molar-refractivity contribution in [2.45, 2.75) is 69.9 Å². The second kappa shape index (κ2) is 12.7. The first-order chi connectivity index (χ1) is 17.6. The number of hydrogen-bond acceptors (Lipinski definition) is 7. The number of carbonyl (C=O) groups excluding carboxylic acids is 1. The van der Waals surface area contributed by atoms with Crippen molar-refractivity contribution in [2.24, 2.45) is 5.92 Å². The van der Waals surface area contributed by atoms with Crippen molar-refractivity contribution in [3.63, 3.8) is 0 Å². The highest BCUT2D eigenvalue weighted by Gasteiger charge is 2.42. The Hall–Kier alpha value is -2.63. The number of piperidine rings is 1. The molecule has 1 fully saturated rings. The minimum absolute atomic E-state index is 0.0789. The topological polar surface area (TPSA) is 113 Å². The van der Waals surface area contributed by atoms with Gasteiger partial charge in [0.25, 0.3) is 10.0 Å². The fourth-order valence-electron chi connectivity index (χ4n) is 4.46. The van der Waals surface area contributed by atoms with Crippen LogP contribution in [0.5, 0.6) is 5.75 Å². The molecule has 1 aromatic heterocycles. The lowest BCUT2D eigenvalue weighted by Crippen LogP contribution is -2.57. The van der Waals surface area contributed by atoms with Gasteiger partial charge in [-0.15, -0.1) is 11.3 Å². The largest absolute Gasteiger partial charge is 0.494 e. The number of sulfonamides is 1. The number of rotatable bonds is 11. The number of ether oxygens (including phenoxy) is 2. The summed E-state index contributed by atoms with van der Waals surface area (Å²) in [6, 6.07) is 10.8. The molecule has 1 aliphatic heterocycles. The zero-order valence-electron chi connectivity index (χ0n) is 21.8. The molecule has 11 heteroatoms. The molecule has 2 heterocycles. The van der Waals surface area contributed by atoms with Gasteiger partial charge in [-0.3, -0.25) is 9.69 Å². The zero-order chi connectivity index (χ0) is 27.2. The standard InChI is InChI=1S/C26H36N2O7S2/c1-5-14-28(23-16-19(17-24(29)30)13-15-27(23)26(31)35-18(3)4)37(32,33)25-12-11-22(36-25)20-7-9-21(10-8-20)34-6-2/h7-12,18-19,23H,5-6,13-17H2,1-4H3,(H,29,30)/t19?,23-/m1/s1. The summed E-state index contributed by atoms with van der Waals surface area (Å²) in [7, 11) is -3.98. The maximum Gasteiger partial charge on any atom is 0.411 e. The number of benzene rings is 1. The number of amides is 1. The normalized spacial score (nSPS) is 18.3. The Morgan fingerprint density at radius 2 is 1.86 bits per heavy atom. The van der Waals surface area contributed by atoms with Crippen LogP contribution in [0, 0.1) is 5.92 Å². The molecule has 0 spiro atoms. The number of carbonyl (C=O) groups is 2. The summed E-state index contributed by atoms with van der Waals surface area (Å²) in [6.07, 6.45) is -0.632. The molecule has 3 rings (SSSR count). The van der Waals surface area contributed by atoms with Gasteiger partial charge in [0, 0.05) is 24.4 Å². The summed E-state index contributed by atoms with van der Waals surface area (Å²) in [4.78, 5) is 26.6. The van der Waals surface area contributed by atoms with Gasteiger partial charge in [0.05, 0.1) is 12.7 Å². The van der Waals surface area contributed by atoms with E-state index in [1.807, 2.05) is 38.1 Å². The Bertz CT molecular complexity index is 1160. The molecule has 1 aromatic carbocycles. The quantitative estimate of drug-likeness (QED) is 0.404. The van der Waals surface area contributed by atoms with Gasteiger partial charge >= 0.3 is 12.1 Å². The van der Waals surface area contributed by atoms with E-state index in [-0.39, 0.29) is 42.2 Å². The fourth-order valence-corrected chi connectivity index (χ4v) is 7.60. The first-order valence-electron chi connectivity index (χ1n) is 12.6. The van der Waals surface area contributed by atoms with Gasteiger partial charge in [-0.05, 0) is 87.9 Å². The third-order valence-electron chi connectivity index (χ3n) is 6.09. The van der Waals surface area contributed by atoms with Crippen LogP contribution < -0.4 is 4.74 Å². The van der Waals surface area contributed by atoms with Gasteiger partial charge < -0.3 is 14.6 Å². The summed E-state index contributed by atoms with van der Waals surface area (Å²) in [5.74, 6) is -0.445. The number of thiophene rings is 1. The number of carboxylic acids is 1. The number of likely N-dealkylation sites (tertiary alicyclic amines) is 1. The van der Waals surface area contributed by atoms with Crippen molar-refractivity contribution in [3.8, 4) is 16.2 Å². The lowest BCUT2D eigenvalue weighted by atomic mass is 9.91. The predicted octanol–water partition coefficient (Wildman–Crippen LogP) is 5.27. The molecule has 0 radical (unpaired) electrons. The van der Waals surface area contributed by atoms with Crippen LogP contribution in [-0.2, 0) is 19.6 Å². The number of nitrogens with zero attached hydrogens (tertiary/aromatic N) is 2. The van der Waals surface area contributed by atoms with Crippen molar-refractivity contribution in [3.05, 3.63) is 36.4 Å². The average molecular weight is 553 g/mol. The smallest absolute Gasteiger partial charge is 0.411 e. The number of hydrogen-bond donors (Lipinski definition) is 1. The highest BCUT2D eigenvalue weighted by Crippen LogP contribution is 2.36. The Kier molecular flexibility index (Phi) is 9.97. The van der Waals surface area contributed by atoms with Crippen molar-refractivity contribution in [2.75, 3.05) is 19.7 Å². The highest BCUT2D eigenvalue weighted by molar-refractivity contribution is 7.91. The van der Waals surface area contributed by atoms with Gasteiger partial charge in [-0.2, -0.15) is 4.31 Å². The van der Waals surface area contributed by atoms with Crippen molar-refractivity contribution in [1.82, 2.24) is 9.21 Å². The summed E-state index contributed by atoms with van der Waals surface area (Å²) in [6.45, 7) is 8.23. The van der Waals surface area contributed by atoms with Crippen LogP contribution in [0.25, 0.3) is 10.4 Å². The molecule has 2 aromatic rings. The maximum absolute atomic E-state index is 13.9. The average Bonchev–Trinajstić information content (AvgIpc) is 3.33. The van der Waals surface area contributed by atoms with E-state index in [2.05, 4.69) is 0 Å². The molecule has 37 heavy (non-hydrogen) atoms. The van der Waals surface area contributed by atoms with E-state index in [0.717, 1.165) is 27.5 Å². The third kappa shape index (κ3) is 7.24. The second-order valence-electron chi connectivity index (χ2n) is 9.29. The third-order valence-corrected chi connectivity index (χ3v) is 9.59. The lowest BCUT2D eigenvalue weighted by Gasteiger charge is -2.43. The molecule has 1 N–H and O–H groups in total. The molecule has 204 valence electrons. The van der Waals surface area contributed by atoms with Crippen LogP contribution in [0.3, 0.4) is 0 Å². The minimum Gasteiger partial charge on any atom is -0.494 e. The van der Waals surface area contributed by atoms with Gasteiger partial charge in [-0.1, -0.05) is 6.92 Å². The summed E-state index contributed by atoms with van der Waals surface area (Å²) < 4.78 is 40.3. The highest BCUT2D eigenvalue weighted by atomic mass is 32.2. The van der Waals surface area contributed by atoms with E-state index >= 15 is 0 Å². The molecule has 0 saturated carbocycles. The minimum atomic E-state index is -3.98. The molecular weight excluding hydrogens is 516 g/mol. The molecule has 9 nitrogen and oxygen atoms in total. The molecule has 0 aliphatic carbocycles. The molecule has 1 saturated heterocycles. The van der Waals surface area contributed by atoms with Gasteiger partial charge in [0.15, 0.2) is 0 Å². The summed E-state index contributed by atoms with van der Waals surface area (Å²) in [5, 5.41) is 9.34.